The lowest BCUT2D eigenvalue weighted by atomic mass is 10.1. The second-order valence-electron chi connectivity index (χ2n) is 4.14. The summed E-state index contributed by atoms with van der Waals surface area (Å²) in [4.78, 5) is 10.9. The van der Waals surface area contributed by atoms with Crippen LogP contribution in [0.25, 0.3) is 0 Å². The minimum atomic E-state index is -2.83. The minimum absolute atomic E-state index is 0.447. The number of hydrogen-bond acceptors (Lipinski definition) is 2. The van der Waals surface area contributed by atoms with Crippen LogP contribution in [0.4, 0.5) is 8.78 Å². The predicted octanol–water partition coefficient (Wildman–Crippen LogP) is 2.27. The molecule has 0 aliphatic rings. The van der Waals surface area contributed by atoms with Gasteiger partial charge in [-0.25, -0.2) is 13.6 Å². The van der Waals surface area contributed by atoms with Crippen LogP contribution in [0.5, 0.6) is 0 Å². The van der Waals surface area contributed by atoms with Crippen LogP contribution in [0.1, 0.15) is 43.2 Å². The molecule has 0 radical (unpaired) electrons. The zero-order chi connectivity index (χ0) is 11.8. The number of aromatic carboxylic acids is 1. The van der Waals surface area contributed by atoms with Gasteiger partial charge < -0.3 is 5.11 Å². The Balaban J connectivity index is 3.37. The summed E-state index contributed by atoms with van der Waals surface area (Å²) in [5.74, 6) is -1.39. The Bertz CT molecular complexity index is 380. The van der Waals surface area contributed by atoms with E-state index in [0.29, 0.717) is 0 Å². The standard InChI is InChI=1S/C9H12F2N2O2/c1-9(2,3)13-6(8(14)15)5(4-12-13)7(10)11/h4,7H,1-3H3,(H,14,15). The van der Waals surface area contributed by atoms with E-state index in [1.165, 1.54) is 0 Å². The first-order valence-electron chi connectivity index (χ1n) is 4.35. The van der Waals surface area contributed by atoms with E-state index < -0.39 is 29.2 Å². The highest BCUT2D eigenvalue weighted by molar-refractivity contribution is 5.87. The van der Waals surface area contributed by atoms with E-state index in [-0.39, 0.29) is 0 Å². The molecular formula is C9H12F2N2O2. The molecule has 0 atom stereocenters. The second-order valence-corrected chi connectivity index (χ2v) is 4.14. The zero-order valence-corrected chi connectivity index (χ0v) is 8.66. The molecule has 6 heteroatoms. The average molecular weight is 218 g/mol. The topological polar surface area (TPSA) is 55.1 Å². The van der Waals surface area contributed by atoms with Crippen LogP contribution in [0.3, 0.4) is 0 Å². The number of carbonyl (C=O) groups is 1. The predicted molar refractivity (Wildman–Crippen MR) is 49.1 cm³/mol. The summed E-state index contributed by atoms with van der Waals surface area (Å²) in [5, 5.41) is 12.5. The van der Waals surface area contributed by atoms with E-state index in [9.17, 15) is 13.6 Å². The van der Waals surface area contributed by atoms with Crippen molar-refractivity contribution in [2.45, 2.75) is 32.7 Å². The lowest BCUT2D eigenvalue weighted by molar-refractivity contribution is 0.0661. The summed E-state index contributed by atoms with van der Waals surface area (Å²) in [6.45, 7) is 5.09. The number of alkyl halides is 2. The Kier molecular flexibility index (Phi) is 2.79. The van der Waals surface area contributed by atoms with Crippen LogP contribution in [0.15, 0.2) is 6.20 Å². The molecule has 0 aliphatic heterocycles. The third kappa shape index (κ3) is 2.14. The van der Waals surface area contributed by atoms with Crippen LogP contribution in [0.2, 0.25) is 0 Å². The lowest BCUT2D eigenvalue weighted by Gasteiger charge is -2.21. The molecule has 0 fully saturated rings. The van der Waals surface area contributed by atoms with E-state index in [1.54, 1.807) is 20.8 Å². The van der Waals surface area contributed by atoms with Crippen LogP contribution in [0, 0.1) is 0 Å². The Hall–Kier alpha value is -1.46. The second kappa shape index (κ2) is 3.60. The van der Waals surface area contributed by atoms with Crippen molar-refractivity contribution in [2.75, 3.05) is 0 Å². The highest BCUT2D eigenvalue weighted by Crippen LogP contribution is 2.26. The molecule has 1 heterocycles. The highest BCUT2D eigenvalue weighted by Gasteiger charge is 2.28. The van der Waals surface area contributed by atoms with Gasteiger partial charge >= 0.3 is 5.97 Å². The van der Waals surface area contributed by atoms with E-state index in [4.69, 9.17) is 5.11 Å². The molecular weight excluding hydrogens is 206 g/mol. The van der Waals surface area contributed by atoms with Crippen molar-refractivity contribution in [2.24, 2.45) is 0 Å². The van der Waals surface area contributed by atoms with Gasteiger partial charge in [0.15, 0.2) is 5.69 Å². The third-order valence-electron chi connectivity index (χ3n) is 1.87. The highest BCUT2D eigenvalue weighted by atomic mass is 19.3. The molecule has 0 saturated heterocycles. The molecule has 0 amide bonds. The monoisotopic (exact) mass is 218 g/mol. The molecule has 1 aromatic rings. The fourth-order valence-corrected chi connectivity index (χ4v) is 1.24. The van der Waals surface area contributed by atoms with E-state index in [0.717, 1.165) is 10.9 Å². The Labute approximate surface area is 85.5 Å². The maximum absolute atomic E-state index is 12.5. The van der Waals surface area contributed by atoms with Gasteiger partial charge in [-0.1, -0.05) is 0 Å². The summed E-state index contributed by atoms with van der Waals surface area (Å²) < 4.78 is 26.0. The molecule has 0 aliphatic carbocycles. The van der Waals surface area contributed by atoms with Crippen molar-refractivity contribution >= 4 is 5.97 Å². The maximum atomic E-state index is 12.5. The van der Waals surface area contributed by atoms with Gasteiger partial charge in [0.05, 0.1) is 17.3 Å². The number of halogens is 2. The molecule has 0 saturated carbocycles. The molecule has 4 nitrogen and oxygen atoms in total. The smallest absolute Gasteiger partial charge is 0.354 e. The molecule has 0 spiro atoms. The molecule has 1 rings (SSSR count). The van der Waals surface area contributed by atoms with Crippen molar-refractivity contribution in [1.29, 1.82) is 0 Å². The van der Waals surface area contributed by atoms with E-state index >= 15 is 0 Å². The van der Waals surface area contributed by atoms with Gasteiger partial charge in [0.2, 0.25) is 0 Å². The first kappa shape index (κ1) is 11.6. The van der Waals surface area contributed by atoms with E-state index in [2.05, 4.69) is 5.10 Å². The molecule has 1 aromatic heterocycles. The lowest BCUT2D eigenvalue weighted by Crippen LogP contribution is -2.27. The van der Waals surface area contributed by atoms with Crippen LogP contribution in [-0.4, -0.2) is 20.9 Å². The van der Waals surface area contributed by atoms with Crippen molar-refractivity contribution in [1.82, 2.24) is 9.78 Å². The summed E-state index contributed by atoms with van der Waals surface area (Å²) in [7, 11) is 0. The summed E-state index contributed by atoms with van der Waals surface area (Å²) >= 11 is 0. The molecule has 1 N–H and O–H groups in total. The molecule has 0 unspecified atom stereocenters. The Morgan fingerprint density at radius 2 is 2.07 bits per heavy atom. The van der Waals surface area contributed by atoms with Crippen molar-refractivity contribution < 1.29 is 18.7 Å². The minimum Gasteiger partial charge on any atom is -0.477 e. The Morgan fingerprint density at radius 3 is 2.40 bits per heavy atom. The van der Waals surface area contributed by atoms with Gasteiger partial charge in [-0.2, -0.15) is 5.10 Å². The van der Waals surface area contributed by atoms with Crippen molar-refractivity contribution in [3.05, 3.63) is 17.5 Å². The average Bonchev–Trinajstić information content (AvgIpc) is 2.45. The van der Waals surface area contributed by atoms with Crippen molar-refractivity contribution in [3.8, 4) is 0 Å². The van der Waals surface area contributed by atoms with Crippen LogP contribution in [-0.2, 0) is 5.54 Å². The van der Waals surface area contributed by atoms with Gasteiger partial charge in [0.25, 0.3) is 6.43 Å². The van der Waals surface area contributed by atoms with Crippen LogP contribution < -0.4 is 0 Å². The van der Waals surface area contributed by atoms with Gasteiger partial charge in [-0.05, 0) is 20.8 Å². The fraction of sp³-hybridized carbons (Fsp3) is 0.556. The molecule has 15 heavy (non-hydrogen) atoms. The number of carboxylic acid groups (broad SMARTS) is 1. The maximum Gasteiger partial charge on any atom is 0.354 e. The SMILES string of the molecule is CC(C)(C)n1ncc(C(F)F)c1C(=O)O. The zero-order valence-electron chi connectivity index (χ0n) is 8.66. The van der Waals surface area contributed by atoms with Gasteiger partial charge in [-0.15, -0.1) is 0 Å². The molecule has 0 bridgehead atoms. The summed E-state index contributed by atoms with van der Waals surface area (Å²) in [6.07, 6.45) is -1.92. The van der Waals surface area contributed by atoms with Gasteiger partial charge in [0.1, 0.15) is 0 Å². The molecule has 84 valence electrons. The molecule has 0 aromatic carbocycles. The van der Waals surface area contributed by atoms with Gasteiger partial charge in [-0.3, -0.25) is 4.68 Å². The van der Waals surface area contributed by atoms with E-state index in [1.807, 2.05) is 0 Å². The third-order valence-corrected chi connectivity index (χ3v) is 1.87. The largest absolute Gasteiger partial charge is 0.477 e. The number of aromatic nitrogens is 2. The fourth-order valence-electron chi connectivity index (χ4n) is 1.24. The van der Waals surface area contributed by atoms with Crippen LogP contribution >= 0.6 is 0 Å². The number of carboxylic acids is 1. The number of hydrogen-bond donors (Lipinski definition) is 1. The first-order chi connectivity index (χ1) is 6.75. The van der Waals surface area contributed by atoms with Crippen molar-refractivity contribution in [3.63, 3.8) is 0 Å². The quantitative estimate of drug-likeness (QED) is 0.828. The number of nitrogens with zero attached hydrogens (tertiary/aromatic N) is 2. The summed E-state index contributed by atoms with van der Waals surface area (Å²) in [6, 6.07) is 0. The normalized spacial score (nSPS) is 12.1. The Morgan fingerprint density at radius 1 is 1.53 bits per heavy atom. The number of rotatable bonds is 2. The van der Waals surface area contributed by atoms with Gasteiger partial charge in [0, 0.05) is 0 Å². The summed E-state index contributed by atoms with van der Waals surface area (Å²) in [5.41, 5.74) is -1.63. The first-order valence-corrected chi connectivity index (χ1v) is 4.35.